The van der Waals surface area contributed by atoms with Crippen LogP contribution in [-0.4, -0.2) is 58.7 Å². The zero-order valence-electron chi connectivity index (χ0n) is 19.1. The van der Waals surface area contributed by atoms with E-state index in [9.17, 15) is 15.3 Å². The van der Waals surface area contributed by atoms with Gasteiger partial charge in [-0.1, -0.05) is 101 Å². The van der Waals surface area contributed by atoms with Crippen molar-refractivity contribution in [3.05, 3.63) is 35.9 Å². The highest BCUT2D eigenvalue weighted by molar-refractivity contribution is 5.85. The normalized spacial score (nSPS) is 13.2. The first-order valence-electron chi connectivity index (χ1n) is 11.8. The predicted molar refractivity (Wildman–Crippen MR) is 129 cm³/mol. The van der Waals surface area contributed by atoms with Gasteiger partial charge in [0.05, 0.1) is 19.8 Å². The number of rotatable bonds is 19. The lowest BCUT2D eigenvalue weighted by Gasteiger charge is -2.43. The van der Waals surface area contributed by atoms with E-state index in [0.29, 0.717) is 13.1 Å². The van der Waals surface area contributed by atoms with Gasteiger partial charge in [0.25, 0.3) is 0 Å². The van der Waals surface area contributed by atoms with Crippen molar-refractivity contribution >= 4 is 12.4 Å². The predicted octanol–water partition coefficient (Wildman–Crippen LogP) is 4.98. The van der Waals surface area contributed by atoms with Crippen molar-refractivity contribution in [1.82, 2.24) is 4.90 Å². The summed E-state index contributed by atoms with van der Waals surface area (Å²) in [6.07, 6.45) is 14.5. The van der Waals surface area contributed by atoms with Gasteiger partial charge < -0.3 is 15.3 Å². The van der Waals surface area contributed by atoms with Crippen LogP contribution < -0.4 is 0 Å². The molecule has 30 heavy (non-hydrogen) atoms. The van der Waals surface area contributed by atoms with E-state index in [1.165, 1.54) is 63.4 Å². The highest BCUT2D eigenvalue weighted by Gasteiger charge is 2.35. The smallest absolute Gasteiger partial charge is 0.0618 e. The second kappa shape index (κ2) is 19.1. The largest absolute Gasteiger partial charge is 0.395 e. The van der Waals surface area contributed by atoms with E-state index in [1.807, 2.05) is 18.2 Å². The number of benzene rings is 1. The molecule has 0 heterocycles. The van der Waals surface area contributed by atoms with Crippen LogP contribution in [0.5, 0.6) is 0 Å². The van der Waals surface area contributed by atoms with Crippen molar-refractivity contribution in [2.24, 2.45) is 0 Å². The Morgan fingerprint density at radius 2 is 1.23 bits per heavy atom. The molecule has 0 saturated heterocycles. The Balaban J connectivity index is 0.00000841. The second-order valence-electron chi connectivity index (χ2n) is 8.41. The second-order valence-corrected chi connectivity index (χ2v) is 8.41. The van der Waals surface area contributed by atoms with Crippen molar-refractivity contribution in [3.8, 4) is 0 Å². The van der Waals surface area contributed by atoms with Gasteiger partial charge in [0.1, 0.15) is 0 Å². The number of nitrogens with zero attached hydrogens (tertiary/aromatic N) is 1. The van der Waals surface area contributed by atoms with Gasteiger partial charge in [-0.2, -0.15) is 0 Å². The van der Waals surface area contributed by atoms with E-state index in [-0.39, 0.29) is 32.2 Å². The third-order valence-corrected chi connectivity index (χ3v) is 6.08. The minimum atomic E-state index is -0.424. The van der Waals surface area contributed by atoms with E-state index >= 15 is 0 Å². The molecule has 3 N–H and O–H groups in total. The molecular formula is C25H46ClNO3. The SMILES string of the molecule is CCCCCCCCCCCCC(CO)(Cc1ccccc1)N(CCO)CCO.Cl. The van der Waals surface area contributed by atoms with Crippen LogP contribution in [0.2, 0.25) is 0 Å². The minimum Gasteiger partial charge on any atom is -0.395 e. The third kappa shape index (κ3) is 11.7. The summed E-state index contributed by atoms with van der Waals surface area (Å²) >= 11 is 0. The summed E-state index contributed by atoms with van der Waals surface area (Å²) in [4.78, 5) is 2.09. The molecular weight excluding hydrogens is 398 g/mol. The first kappa shape index (κ1) is 29.4. The first-order valence-corrected chi connectivity index (χ1v) is 11.8. The molecule has 0 bridgehead atoms. The summed E-state index contributed by atoms with van der Waals surface area (Å²) < 4.78 is 0. The van der Waals surface area contributed by atoms with Gasteiger partial charge in [-0.3, -0.25) is 4.90 Å². The van der Waals surface area contributed by atoms with Gasteiger partial charge in [0, 0.05) is 18.6 Å². The molecule has 1 rings (SSSR count). The molecule has 1 atom stereocenters. The molecule has 4 nitrogen and oxygen atoms in total. The number of β-amino-alcohol motifs (C(OH)–C–C–N with tert-alkyl or cyclic N) is 2. The van der Waals surface area contributed by atoms with E-state index in [0.717, 1.165) is 19.3 Å². The van der Waals surface area contributed by atoms with Gasteiger partial charge >= 0.3 is 0 Å². The number of aliphatic hydroxyl groups is 3. The molecule has 0 spiro atoms. The van der Waals surface area contributed by atoms with E-state index in [1.54, 1.807) is 0 Å². The Hall–Kier alpha value is -0.650. The molecule has 0 aliphatic rings. The molecule has 5 heteroatoms. The van der Waals surface area contributed by atoms with Crippen molar-refractivity contribution < 1.29 is 15.3 Å². The Morgan fingerprint density at radius 3 is 1.70 bits per heavy atom. The molecule has 0 fully saturated rings. The number of hydrogen-bond acceptors (Lipinski definition) is 4. The monoisotopic (exact) mass is 443 g/mol. The van der Waals surface area contributed by atoms with Crippen LogP contribution in [0, 0.1) is 0 Å². The fourth-order valence-corrected chi connectivity index (χ4v) is 4.34. The van der Waals surface area contributed by atoms with E-state index < -0.39 is 5.54 Å². The maximum absolute atomic E-state index is 10.4. The molecule has 0 amide bonds. The first-order chi connectivity index (χ1) is 14.2. The van der Waals surface area contributed by atoms with Crippen molar-refractivity contribution in [3.63, 3.8) is 0 Å². The van der Waals surface area contributed by atoms with Crippen LogP contribution in [0.3, 0.4) is 0 Å². The average molecular weight is 444 g/mol. The molecule has 0 radical (unpaired) electrons. The molecule has 1 aromatic rings. The minimum absolute atomic E-state index is 0. The van der Waals surface area contributed by atoms with Crippen LogP contribution in [0.1, 0.15) is 83.1 Å². The van der Waals surface area contributed by atoms with Crippen molar-refractivity contribution in [1.29, 1.82) is 0 Å². The summed E-state index contributed by atoms with van der Waals surface area (Å²) in [5.41, 5.74) is 0.766. The van der Waals surface area contributed by atoms with E-state index in [4.69, 9.17) is 0 Å². The summed E-state index contributed by atoms with van der Waals surface area (Å²) in [6.45, 7) is 3.33. The summed E-state index contributed by atoms with van der Waals surface area (Å²) in [5, 5.41) is 29.5. The highest BCUT2D eigenvalue weighted by Crippen LogP contribution is 2.28. The highest BCUT2D eigenvalue weighted by atomic mass is 35.5. The van der Waals surface area contributed by atoms with Gasteiger partial charge in [0.15, 0.2) is 0 Å². The van der Waals surface area contributed by atoms with Crippen molar-refractivity contribution in [2.45, 2.75) is 89.5 Å². The molecule has 1 aromatic carbocycles. The molecule has 0 aliphatic carbocycles. The maximum Gasteiger partial charge on any atom is 0.0618 e. The third-order valence-electron chi connectivity index (χ3n) is 6.08. The molecule has 0 aromatic heterocycles. The topological polar surface area (TPSA) is 63.9 Å². The fourth-order valence-electron chi connectivity index (χ4n) is 4.34. The van der Waals surface area contributed by atoms with Crippen LogP contribution in [0.15, 0.2) is 30.3 Å². The lowest BCUT2D eigenvalue weighted by atomic mass is 9.84. The van der Waals surface area contributed by atoms with Gasteiger partial charge in [-0.15, -0.1) is 12.4 Å². The maximum atomic E-state index is 10.4. The van der Waals surface area contributed by atoms with Crippen LogP contribution in [-0.2, 0) is 6.42 Å². The van der Waals surface area contributed by atoms with Crippen LogP contribution in [0.4, 0.5) is 0 Å². The standard InChI is InChI=1S/C25H45NO3.ClH/c1-2-3-4-5-6-7-8-9-10-14-17-25(23-29,26(18-20-27)19-21-28)22-24-15-12-11-13-16-24;/h11-13,15-16,27-29H,2-10,14,17-23H2,1H3;1H. The summed E-state index contributed by atoms with van der Waals surface area (Å²) in [7, 11) is 0. The Bertz CT molecular complexity index is 483. The molecule has 0 aliphatic heterocycles. The van der Waals surface area contributed by atoms with Gasteiger partial charge in [-0.05, 0) is 18.4 Å². The Morgan fingerprint density at radius 1 is 0.733 bits per heavy atom. The van der Waals surface area contributed by atoms with E-state index in [2.05, 4.69) is 24.0 Å². The lowest BCUT2D eigenvalue weighted by Crippen LogP contribution is -2.55. The zero-order chi connectivity index (χ0) is 21.2. The lowest BCUT2D eigenvalue weighted by molar-refractivity contribution is 0.00000403. The average Bonchev–Trinajstić information content (AvgIpc) is 2.75. The fraction of sp³-hybridized carbons (Fsp3) is 0.760. The number of unbranched alkanes of at least 4 members (excludes halogenated alkanes) is 9. The number of hydrogen-bond donors (Lipinski definition) is 3. The van der Waals surface area contributed by atoms with Crippen LogP contribution in [0.25, 0.3) is 0 Å². The molecule has 1 unspecified atom stereocenters. The summed E-state index contributed by atoms with van der Waals surface area (Å²) in [5.74, 6) is 0. The zero-order valence-corrected chi connectivity index (χ0v) is 19.9. The van der Waals surface area contributed by atoms with Gasteiger partial charge in [-0.25, -0.2) is 0 Å². The Labute approximate surface area is 191 Å². The van der Waals surface area contributed by atoms with Crippen molar-refractivity contribution in [2.75, 3.05) is 32.9 Å². The van der Waals surface area contributed by atoms with Gasteiger partial charge in [0.2, 0.25) is 0 Å². The summed E-state index contributed by atoms with van der Waals surface area (Å²) in [6, 6.07) is 10.3. The Kier molecular flexibility index (Phi) is 18.7. The molecule has 176 valence electrons. The number of halogens is 1. The number of aliphatic hydroxyl groups excluding tert-OH is 3. The van der Waals surface area contributed by atoms with Crippen LogP contribution >= 0.6 is 12.4 Å². The molecule has 0 saturated carbocycles. The quantitative estimate of drug-likeness (QED) is 0.264.